The fraction of sp³-hybridized carbons (Fsp3) is 0.158. The SMILES string of the molecule is NCc1ccccc1CCOc1cccc2ccccc12. The molecular formula is C19H19NO. The maximum absolute atomic E-state index is 5.98. The second kappa shape index (κ2) is 6.42. The van der Waals surface area contributed by atoms with Crippen molar-refractivity contribution in [2.24, 2.45) is 5.73 Å². The van der Waals surface area contributed by atoms with Crippen LogP contribution in [0, 0.1) is 0 Å². The minimum absolute atomic E-state index is 0.574. The van der Waals surface area contributed by atoms with E-state index < -0.39 is 0 Å². The number of rotatable bonds is 5. The molecule has 0 fully saturated rings. The molecule has 0 amide bonds. The van der Waals surface area contributed by atoms with Gasteiger partial charge < -0.3 is 10.5 Å². The normalized spacial score (nSPS) is 10.7. The highest BCUT2D eigenvalue weighted by atomic mass is 16.5. The highest BCUT2D eigenvalue weighted by Gasteiger charge is 2.03. The standard InChI is InChI=1S/C19H19NO/c20-14-17-8-2-1-6-15(17)12-13-21-19-11-5-9-16-7-3-4-10-18(16)19/h1-11H,12-14,20H2. The van der Waals surface area contributed by atoms with Gasteiger partial charge in [0, 0.05) is 18.4 Å². The molecule has 0 aliphatic heterocycles. The lowest BCUT2D eigenvalue weighted by Gasteiger charge is -2.11. The van der Waals surface area contributed by atoms with Gasteiger partial charge in [0.05, 0.1) is 6.61 Å². The zero-order valence-corrected chi connectivity index (χ0v) is 12.0. The maximum Gasteiger partial charge on any atom is 0.127 e. The van der Waals surface area contributed by atoms with Crippen molar-refractivity contribution < 1.29 is 4.74 Å². The molecule has 0 aromatic heterocycles. The van der Waals surface area contributed by atoms with Crippen LogP contribution in [-0.4, -0.2) is 6.61 Å². The van der Waals surface area contributed by atoms with Crippen molar-refractivity contribution >= 4 is 10.8 Å². The van der Waals surface area contributed by atoms with Gasteiger partial charge in [-0.15, -0.1) is 0 Å². The van der Waals surface area contributed by atoms with Gasteiger partial charge >= 0.3 is 0 Å². The Morgan fingerprint density at radius 2 is 1.48 bits per heavy atom. The Morgan fingerprint density at radius 3 is 2.33 bits per heavy atom. The van der Waals surface area contributed by atoms with Gasteiger partial charge in [-0.2, -0.15) is 0 Å². The topological polar surface area (TPSA) is 35.2 Å². The minimum atomic E-state index is 0.574. The van der Waals surface area contributed by atoms with Crippen LogP contribution in [0.1, 0.15) is 11.1 Å². The summed E-state index contributed by atoms with van der Waals surface area (Å²) in [6.07, 6.45) is 0.872. The van der Waals surface area contributed by atoms with E-state index >= 15 is 0 Å². The predicted molar refractivity (Wildman–Crippen MR) is 87.5 cm³/mol. The molecule has 0 aliphatic rings. The minimum Gasteiger partial charge on any atom is -0.493 e. The average Bonchev–Trinajstić information content (AvgIpc) is 2.55. The summed E-state index contributed by atoms with van der Waals surface area (Å²) in [7, 11) is 0. The van der Waals surface area contributed by atoms with E-state index in [4.69, 9.17) is 10.5 Å². The molecule has 0 saturated carbocycles. The van der Waals surface area contributed by atoms with Crippen LogP contribution in [0.25, 0.3) is 10.8 Å². The third-order valence-electron chi connectivity index (χ3n) is 3.72. The third-order valence-corrected chi connectivity index (χ3v) is 3.72. The van der Waals surface area contributed by atoms with Crippen molar-refractivity contribution in [2.45, 2.75) is 13.0 Å². The molecule has 0 unspecified atom stereocenters. The lowest BCUT2D eigenvalue weighted by atomic mass is 10.1. The van der Waals surface area contributed by atoms with Crippen molar-refractivity contribution in [3.8, 4) is 5.75 Å². The molecule has 0 radical (unpaired) electrons. The first-order valence-electron chi connectivity index (χ1n) is 7.26. The van der Waals surface area contributed by atoms with Crippen molar-refractivity contribution in [2.75, 3.05) is 6.61 Å². The Balaban J connectivity index is 1.72. The van der Waals surface area contributed by atoms with Gasteiger partial charge in [0.1, 0.15) is 5.75 Å². The average molecular weight is 277 g/mol. The molecule has 3 rings (SSSR count). The molecule has 2 heteroatoms. The van der Waals surface area contributed by atoms with Gasteiger partial charge in [-0.25, -0.2) is 0 Å². The van der Waals surface area contributed by atoms with E-state index in [1.54, 1.807) is 0 Å². The highest BCUT2D eigenvalue weighted by Crippen LogP contribution is 2.25. The molecule has 21 heavy (non-hydrogen) atoms. The Morgan fingerprint density at radius 1 is 0.762 bits per heavy atom. The Bertz CT molecular complexity index is 731. The van der Waals surface area contributed by atoms with Crippen LogP contribution in [0.15, 0.2) is 66.7 Å². The molecule has 2 N–H and O–H groups in total. The van der Waals surface area contributed by atoms with Crippen LogP contribution in [0.5, 0.6) is 5.75 Å². The number of nitrogens with two attached hydrogens (primary N) is 1. The number of hydrogen-bond donors (Lipinski definition) is 1. The van der Waals surface area contributed by atoms with Crippen molar-refractivity contribution in [1.82, 2.24) is 0 Å². The smallest absolute Gasteiger partial charge is 0.127 e. The lowest BCUT2D eigenvalue weighted by Crippen LogP contribution is -2.06. The molecule has 0 atom stereocenters. The van der Waals surface area contributed by atoms with E-state index in [-0.39, 0.29) is 0 Å². The molecule has 106 valence electrons. The molecule has 3 aromatic carbocycles. The van der Waals surface area contributed by atoms with E-state index in [0.29, 0.717) is 13.2 Å². The summed E-state index contributed by atoms with van der Waals surface area (Å²) in [4.78, 5) is 0. The lowest BCUT2D eigenvalue weighted by molar-refractivity contribution is 0.325. The third kappa shape index (κ3) is 3.06. The van der Waals surface area contributed by atoms with E-state index in [1.807, 2.05) is 36.4 Å². The van der Waals surface area contributed by atoms with E-state index in [2.05, 4.69) is 30.3 Å². The largest absolute Gasteiger partial charge is 0.493 e. The van der Waals surface area contributed by atoms with Gasteiger partial charge in [-0.05, 0) is 22.6 Å². The van der Waals surface area contributed by atoms with Crippen molar-refractivity contribution in [1.29, 1.82) is 0 Å². The fourth-order valence-corrected chi connectivity index (χ4v) is 2.59. The van der Waals surface area contributed by atoms with E-state index in [1.165, 1.54) is 16.5 Å². The summed E-state index contributed by atoms with van der Waals surface area (Å²) in [5.41, 5.74) is 8.22. The van der Waals surface area contributed by atoms with Gasteiger partial charge in [0.2, 0.25) is 0 Å². The van der Waals surface area contributed by atoms with Crippen LogP contribution < -0.4 is 10.5 Å². The number of ether oxygens (including phenoxy) is 1. The zero-order valence-electron chi connectivity index (χ0n) is 12.0. The summed E-state index contributed by atoms with van der Waals surface area (Å²) in [5.74, 6) is 0.943. The van der Waals surface area contributed by atoms with Crippen LogP contribution in [0.3, 0.4) is 0 Å². The Labute approximate surface area is 125 Å². The van der Waals surface area contributed by atoms with Gasteiger partial charge in [-0.3, -0.25) is 0 Å². The van der Waals surface area contributed by atoms with Crippen molar-refractivity contribution in [3.05, 3.63) is 77.9 Å². The van der Waals surface area contributed by atoms with Crippen LogP contribution in [0.4, 0.5) is 0 Å². The summed E-state index contributed by atoms with van der Waals surface area (Å²) in [5, 5.41) is 2.37. The summed E-state index contributed by atoms with van der Waals surface area (Å²) in [6, 6.07) is 22.7. The quantitative estimate of drug-likeness (QED) is 0.767. The summed E-state index contributed by atoms with van der Waals surface area (Å²) in [6.45, 7) is 1.23. The fourth-order valence-electron chi connectivity index (χ4n) is 2.59. The van der Waals surface area contributed by atoms with Crippen molar-refractivity contribution in [3.63, 3.8) is 0 Å². The molecular weight excluding hydrogens is 258 g/mol. The van der Waals surface area contributed by atoms with Gasteiger partial charge in [0.25, 0.3) is 0 Å². The predicted octanol–water partition coefficient (Wildman–Crippen LogP) is 3.92. The van der Waals surface area contributed by atoms with Crippen LogP contribution in [0.2, 0.25) is 0 Å². The second-order valence-electron chi connectivity index (χ2n) is 5.05. The number of hydrogen-bond acceptors (Lipinski definition) is 2. The Kier molecular flexibility index (Phi) is 4.17. The molecule has 0 heterocycles. The van der Waals surface area contributed by atoms with Gasteiger partial charge in [0.15, 0.2) is 0 Å². The molecule has 0 saturated heterocycles. The second-order valence-corrected chi connectivity index (χ2v) is 5.05. The summed E-state index contributed by atoms with van der Waals surface area (Å²) < 4.78 is 5.98. The number of benzene rings is 3. The van der Waals surface area contributed by atoms with Crippen LogP contribution >= 0.6 is 0 Å². The first-order valence-corrected chi connectivity index (χ1v) is 7.26. The maximum atomic E-state index is 5.98. The molecule has 0 aliphatic carbocycles. The zero-order chi connectivity index (χ0) is 14.5. The van der Waals surface area contributed by atoms with E-state index in [0.717, 1.165) is 17.6 Å². The first-order chi connectivity index (χ1) is 10.4. The molecule has 0 spiro atoms. The first kappa shape index (κ1) is 13.7. The monoisotopic (exact) mass is 277 g/mol. The molecule has 0 bridgehead atoms. The Hall–Kier alpha value is -2.32. The highest BCUT2D eigenvalue weighted by molar-refractivity contribution is 5.88. The summed E-state index contributed by atoms with van der Waals surface area (Å²) >= 11 is 0. The van der Waals surface area contributed by atoms with Gasteiger partial charge in [-0.1, -0.05) is 60.7 Å². The molecule has 2 nitrogen and oxygen atoms in total. The van der Waals surface area contributed by atoms with E-state index in [9.17, 15) is 0 Å². The van der Waals surface area contributed by atoms with Crippen LogP contribution in [-0.2, 0) is 13.0 Å². The molecule has 3 aromatic rings. The number of fused-ring (bicyclic) bond motifs is 1.